The van der Waals surface area contributed by atoms with Crippen molar-refractivity contribution in [3.8, 4) is 0 Å². The van der Waals surface area contributed by atoms with Crippen LogP contribution in [0.3, 0.4) is 0 Å². The molecule has 0 aliphatic carbocycles. The first kappa shape index (κ1) is 15.4. The molecule has 1 aromatic rings. The van der Waals surface area contributed by atoms with Gasteiger partial charge in [0.2, 0.25) is 0 Å². The maximum absolute atomic E-state index is 5.66. The lowest BCUT2D eigenvalue weighted by Crippen LogP contribution is -2.27. The third-order valence-electron chi connectivity index (χ3n) is 2.56. The van der Waals surface area contributed by atoms with Crippen LogP contribution in [0.15, 0.2) is 30.3 Å². The molecule has 1 aromatic carbocycles. The maximum atomic E-state index is 5.66. The molecule has 1 rings (SSSR count). The first-order valence-corrected chi connectivity index (χ1v) is 8.17. The molecule has 4 heteroatoms. The SMILES string of the molecule is CCO[SiH](OCC)OCCCCc1ccccc1. The fraction of sp³-hybridized carbons (Fsp3) is 0.571. The molecule has 18 heavy (non-hydrogen) atoms. The Balaban J connectivity index is 2.06. The van der Waals surface area contributed by atoms with Crippen molar-refractivity contribution < 1.29 is 13.3 Å². The van der Waals surface area contributed by atoms with Crippen molar-refractivity contribution in [2.75, 3.05) is 19.8 Å². The average molecular weight is 268 g/mol. The van der Waals surface area contributed by atoms with Crippen molar-refractivity contribution >= 4 is 9.53 Å². The van der Waals surface area contributed by atoms with Gasteiger partial charge in [-0.05, 0) is 38.7 Å². The van der Waals surface area contributed by atoms with Crippen molar-refractivity contribution in [2.24, 2.45) is 0 Å². The number of aryl methyl sites for hydroxylation is 1. The number of rotatable bonds is 10. The highest BCUT2D eigenvalue weighted by Gasteiger charge is 2.12. The molecule has 0 radical (unpaired) electrons. The maximum Gasteiger partial charge on any atom is 0.484 e. The van der Waals surface area contributed by atoms with Crippen LogP contribution in [0.25, 0.3) is 0 Å². The van der Waals surface area contributed by atoms with Gasteiger partial charge in [-0.3, -0.25) is 0 Å². The first-order chi connectivity index (χ1) is 8.86. The van der Waals surface area contributed by atoms with E-state index >= 15 is 0 Å². The highest BCUT2D eigenvalue weighted by Crippen LogP contribution is 2.05. The van der Waals surface area contributed by atoms with E-state index in [4.69, 9.17) is 13.3 Å². The zero-order valence-corrected chi connectivity index (χ0v) is 12.6. The Labute approximate surface area is 112 Å². The lowest BCUT2D eigenvalue weighted by atomic mass is 10.1. The van der Waals surface area contributed by atoms with Crippen LogP contribution in [0.4, 0.5) is 0 Å². The highest BCUT2D eigenvalue weighted by molar-refractivity contribution is 6.36. The molecule has 0 saturated heterocycles. The Morgan fingerprint density at radius 3 is 2.17 bits per heavy atom. The molecule has 0 amide bonds. The molecule has 0 aliphatic heterocycles. The number of hydrogen-bond acceptors (Lipinski definition) is 3. The van der Waals surface area contributed by atoms with Crippen LogP contribution in [-0.4, -0.2) is 29.3 Å². The quantitative estimate of drug-likeness (QED) is 0.482. The van der Waals surface area contributed by atoms with Gasteiger partial charge in [-0.25, -0.2) is 0 Å². The molecule has 0 bridgehead atoms. The molecule has 3 nitrogen and oxygen atoms in total. The summed E-state index contributed by atoms with van der Waals surface area (Å²) in [5, 5.41) is 0. The van der Waals surface area contributed by atoms with Crippen molar-refractivity contribution in [1.82, 2.24) is 0 Å². The van der Waals surface area contributed by atoms with Crippen molar-refractivity contribution in [3.05, 3.63) is 35.9 Å². The van der Waals surface area contributed by atoms with E-state index in [9.17, 15) is 0 Å². The van der Waals surface area contributed by atoms with Gasteiger partial charge in [0.05, 0.1) is 0 Å². The summed E-state index contributed by atoms with van der Waals surface area (Å²) in [5.41, 5.74) is 1.39. The van der Waals surface area contributed by atoms with Crippen molar-refractivity contribution in [1.29, 1.82) is 0 Å². The average Bonchev–Trinajstić information content (AvgIpc) is 2.40. The highest BCUT2D eigenvalue weighted by atomic mass is 28.3. The lowest BCUT2D eigenvalue weighted by Gasteiger charge is -2.14. The van der Waals surface area contributed by atoms with Gasteiger partial charge in [-0.15, -0.1) is 0 Å². The molecular weight excluding hydrogens is 244 g/mol. The molecule has 0 fully saturated rings. The van der Waals surface area contributed by atoms with Crippen LogP contribution in [0.2, 0.25) is 0 Å². The fourth-order valence-corrected chi connectivity index (χ4v) is 2.86. The van der Waals surface area contributed by atoms with Gasteiger partial charge in [0.1, 0.15) is 0 Å². The van der Waals surface area contributed by atoms with Crippen molar-refractivity contribution in [3.63, 3.8) is 0 Å². The fourth-order valence-electron chi connectivity index (χ4n) is 1.67. The Hall–Kier alpha value is -0.683. The van der Waals surface area contributed by atoms with Gasteiger partial charge in [0.25, 0.3) is 0 Å². The van der Waals surface area contributed by atoms with Crippen LogP contribution < -0.4 is 0 Å². The monoisotopic (exact) mass is 268 g/mol. The molecule has 102 valence electrons. The standard InChI is InChI=1S/C14H24O3Si/c1-3-15-18(16-4-2)17-13-9-8-12-14-10-6-5-7-11-14/h5-7,10-11,18H,3-4,8-9,12-13H2,1-2H3. The molecular formula is C14H24O3Si. The Bertz CT molecular complexity index is 286. The molecule has 0 unspecified atom stereocenters. The summed E-state index contributed by atoms with van der Waals surface area (Å²) in [5.74, 6) is 0. The van der Waals surface area contributed by atoms with Gasteiger partial charge >= 0.3 is 9.53 Å². The minimum Gasteiger partial charge on any atom is -0.376 e. The lowest BCUT2D eigenvalue weighted by molar-refractivity contribution is 0.101. The predicted molar refractivity (Wildman–Crippen MR) is 75.7 cm³/mol. The molecule has 0 heterocycles. The number of benzene rings is 1. The topological polar surface area (TPSA) is 27.7 Å². The van der Waals surface area contributed by atoms with Gasteiger partial charge in [0.15, 0.2) is 0 Å². The van der Waals surface area contributed by atoms with E-state index in [1.165, 1.54) is 5.56 Å². The molecule has 0 aliphatic rings. The summed E-state index contributed by atoms with van der Waals surface area (Å²) < 4.78 is 16.5. The van der Waals surface area contributed by atoms with Gasteiger partial charge in [-0.2, -0.15) is 0 Å². The predicted octanol–water partition coefficient (Wildman–Crippen LogP) is 2.82. The Morgan fingerprint density at radius 1 is 0.889 bits per heavy atom. The molecule has 0 spiro atoms. The smallest absolute Gasteiger partial charge is 0.376 e. The molecule has 0 N–H and O–H groups in total. The second-order valence-electron chi connectivity index (χ2n) is 4.01. The van der Waals surface area contributed by atoms with Crippen LogP contribution in [0.1, 0.15) is 32.3 Å². The molecule has 0 atom stereocenters. The first-order valence-electron chi connectivity index (χ1n) is 6.75. The van der Waals surface area contributed by atoms with Crippen LogP contribution >= 0.6 is 0 Å². The van der Waals surface area contributed by atoms with Crippen molar-refractivity contribution in [2.45, 2.75) is 33.1 Å². The Morgan fingerprint density at radius 2 is 1.56 bits per heavy atom. The largest absolute Gasteiger partial charge is 0.484 e. The third-order valence-corrected chi connectivity index (χ3v) is 4.28. The zero-order valence-electron chi connectivity index (χ0n) is 11.4. The summed E-state index contributed by atoms with van der Waals surface area (Å²) in [4.78, 5) is 0. The summed E-state index contributed by atoms with van der Waals surface area (Å²) in [6.45, 7) is 6.01. The summed E-state index contributed by atoms with van der Waals surface area (Å²) in [6, 6.07) is 10.5. The minimum atomic E-state index is -1.85. The third kappa shape index (κ3) is 6.91. The molecule has 0 saturated carbocycles. The van der Waals surface area contributed by atoms with E-state index in [-0.39, 0.29) is 0 Å². The molecule has 0 aromatic heterocycles. The number of unbranched alkanes of at least 4 members (excludes halogenated alkanes) is 1. The van der Waals surface area contributed by atoms with E-state index in [2.05, 4.69) is 24.3 Å². The number of hydrogen-bond donors (Lipinski definition) is 0. The van der Waals surface area contributed by atoms with Gasteiger partial charge in [0, 0.05) is 19.8 Å². The van der Waals surface area contributed by atoms with E-state index in [1.54, 1.807) is 0 Å². The minimum absolute atomic E-state index is 0.668. The zero-order chi connectivity index (χ0) is 13.1. The van der Waals surface area contributed by atoms with Gasteiger partial charge in [-0.1, -0.05) is 30.3 Å². The van der Waals surface area contributed by atoms with Gasteiger partial charge < -0.3 is 13.3 Å². The summed E-state index contributed by atoms with van der Waals surface area (Å²) >= 11 is 0. The van der Waals surface area contributed by atoms with E-state index in [0.717, 1.165) is 25.9 Å². The van der Waals surface area contributed by atoms with E-state index < -0.39 is 9.53 Å². The Kier molecular flexibility index (Phi) is 8.76. The van der Waals surface area contributed by atoms with Crippen LogP contribution in [-0.2, 0) is 19.7 Å². The second-order valence-corrected chi connectivity index (χ2v) is 5.59. The second kappa shape index (κ2) is 10.3. The van der Waals surface area contributed by atoms with E-state index in [0.29, 0.717) is 13.2 Å². The van der Waals surface area contributed by atoms with Crippen LogP contribution in [0.5, 0.6) is 0 Å². The summed E-state index contributed by atoms with van der Waals surface area (Å²) in [6.07, 6.45) is 3.31. The normalized spacial score (nSPS) is 11.1. The van der Waals surface area contributed by atoms with E-state index in [1.807, 2.05) is 19.9 Å². The summed E-state index contributed by atoms with van der Waals surface area (Å²) in [7, 11) is -1.85. The van der Waals surface area contributed by atoms with Crippen LogP contribution in [0, 0.1) is 0 Å².